The lowest BCUT2D eigenvalue weighted by atomic mass is 10.00. The summed E-state index contributed by atoms with van der Waals surface area (Å²) in [5.41, 5.74) is 4.65. The molecule has 0 atom stereocenters. The van der Waals surface area contributed by atoms with Gasteiger partial charge in [0, 0.05) is 36.1 Å². The van der Waals surface area contributed by atoms with Gasteiger partial charge in [0.25, 0.3) is 5.91 Å². The minimum absolute atomic E-state index is 0.0208. The number of hydrogen-bond donors (Lipinski definition) is 1. The van der Waals surface area contributed by atoms with Crippen LogP contribution in [0.3, 0.4) is 0 Å². The van der Waals surface area contributed by atoms with Gasteiger partial charge in [-0.05, 0) is 36.6 Å². The predicted octanol–water partition coefficient (Wildman–Crippen LogP) is 4.28. The summed E-state index contributed by atoms with van der Waals surface area (Å²) in [7, 11) is 0. The van der Waals surface area contributed by atoms with E-state index in [1.807, 2.05) is 48.2 Å². The van der Waals surface area contributed by atoms with E-state index in [4.69, 9.17) is 0 Å². The molecule has 1 aliphatic heterocycles. The van der Waals surface area contributed by atoms with Crippen LogP contribution >= 0.6 is 11.3 Å². The molecule has 6 heteroatoms. The third kappa shape index (κ3) is 3.68. The number of aryl methyl sites for hydroxylation is 1. The van der Waals surface area contributed by atoms with Gasteiger partial charge in [0.15, 0.2) is 0 Å². The molecule has 0 spiro atoms. The van der Waals surface area contributed by atoms with Gasteiger partial charge in [-0.15, -0.1) is 11.3 Å². The van der Waals surface area contributed by atoms with Crippen molar-refractivity contribution < 1.29 is 9.59 Å². The van der Waals surface area contributed by atoms with Crippen LogP contribution in [0.5, 0.6) is 0 Å². The fourth-order valence-electron chi connectivity index (χ4n) is 3.47. The minimum atomic E-state index is -0.117. The molecule has 0 aliphatic carbocycles. The van der Waals surface area contributed by atoms with E-state index in [0.29, 0.717) is 18.8 Å². The Kier molecular flexibility index (Phi) is 4.96. The number of aromatic nitrogens is 1. The van der Waals surface area contributed by atoms with E-state index in [-0.39, 0.29) is 11.8 Å². The van der Waals surface area contributed by atoms with Gasteiger partial charge < -0.3 is 10.2 Å². The average molecular weight is 391 g/mol. The molecule has 0 radical (unpaired) electrons. The summed E-state index contributed by atoms with van der Waals surface area (Å²) < 4.78 is 0. The fourth-order valence-corrected chi connectivity index (χ4v) is 4.37. The minimum Gasteiger partial charge on any atom is -0.333 e. The molecular formula is C22H21N3O2S. The third-order valence-electron chi connectivity index (χ3n) is 4.85. The molecule has 3 aromatic rings. The highest BCUT2D eigenvalue weighted by Gasteiger charge is 2.25. The molecule has 1 N–H and O–H groups in total. The van der Waals surface area contributed by atoms with Crippen LogP contribution in [-0.2, 0) is 17.8 Å². The standard InChI is InChI=1S/C22H21N3O2S/c1-14-20(22(27)25-11-10-16-6-3-4-7-18(16)13-25)24-21(28-14)17-8-5-9-19(12-17)23-15(2)26/h3-9,12H,10-11,13H2,1-2H3,(H,23,26). The number of rotatable bonds is 3. The normalized spacial score (nSPS) is 13.1. The molecule has 2 heterocycles. The van der Waals surface area contributed by atoms with Gasteiger partial charge >= 0.3 is 0 Å². The lowest BCUT2D eigenvalue weighted by molar-refractivity contribution is -0.114. The highest BCUT2D eigenvalue weighted by Crippen LogP contribution is 2.30. The molecule has 0 bridgehead atoms. The molecule has 4 rings (SSSR count). The van der Waals surface area contributed by atoms with Gasteiger partial charge in [0.1, 0.15) is 10.7 Å². The zero-order valence-electron chi connectivity index (χ0n) is 15.9. The number of amides is 2. The molecule has 0 fully saturated rings. The van der Waals surface area contributed by atoms with E-state index in [9.17, 15) is 9.59 Å². The van der Waals surface area contributed by atoms with Crippen LogP contribution in [0.15, 0.2) is 48.5 Å². The summed E-state index contributed by atoms with van der Waals surface area (Å²) in [6.45, 7) is 4.75. The lowest BCUT2D eigenvalue weighted by Crippen LogP contribution is -2.36. The predicted molar refractivity (Wildman–Crippen MR) is 111 cm³/mol. The van der Waals surface area contributed by atoms with Crippen molar-refractivity contribution in [3.8, 4) is 10.6 Å². The Morgan fingerprint density at radius 1 is 1.11 bits per heavy atom. The Hall–Kier alpha value is -2.99. The van der Waals surface area contributed by atoms with Crippen molar-refractivity contribution in [2.45, 2.75) is 26.8 Å². The van der Waals surface area contributed by atoms with Crippen molar-refractivity contribution in [3.05, 3.63) is 70.2 Å². The van der Waals surface area contributed by atoms with E-state index < -0.39 is 0 Å². The van der Waals surface area contributed by atoms with Crippen LogP contribution in [0.1, 0.15) is 33.4 Å². The van der Waals surface area contributed by atoms with Gasteiger partial charge in [-0.1, -0.05) is 36.4 Å². The summed E-state index contributed by atoms with van der Waals surface area (Å²) in [4.78, 5) is 31.8. The largest absolute Gasteiger partial charge is 0.333 e. The highest BCUT2D eigenvalue weighted by molar-refractivity contribution is 7.15. The van der Waals surface area contributed by atoms with Crippen molar-refractivity contribution in [3.63, 3.8) is 0 Å². The Balaban J connectivity index is 1.58. The quantitative estimate of drug-likeness (QED) is 0.725. The zero-order chi connectivity index (χ0) is 19.7. The number of carbonyl (C=O) groups excluding carboxylic acids is 2. The average Bonchev–Trinajstić information content (AvgIpc) is 3.08. The van der Waals surface area contributed by atoms with Crippen molar-refractivity contribution in [2.75, 3.05) is 11.9 Å². The second-order valence-electron chi connectivity index (χ2n) is 6.93. The Labute approximate surface area is 168 Å². The molecule has 142 valence electrons. The summed E-state index contributed by atoms with van der Waals surface area (Å²) in [5.74, 6) is -0.138. The molecule has 2 amide bonds. The van der Waals surface area contributed by atoms with E-state index in [1.54, 1.807) is 0 Å². The number of hydrogen-bond acceptors (Lipinski definition) is 4. The third-order valence-corrected chi connectivity index (χ3v) is 5.87. The highest BCUT2D eigenvalue weighted by atomic mass is 32.1. The molecule has 1 aliphatic rings. The lowest BCUT2D eigenvalue weighted by Gasteiger charge is -2.28. The van der Waals surface area contributed by atoms with Gasteiger partial charge in [0.05, 0.1) is 0 Å². The second-order valence-corrected chi connectivity index (χ2v) is 8.13. The van der Waals surface area contributed by atoms with Crippen LogP contribution in [0, 0.1) is 6.92 Å². The Morgan fingerprint density at radius 3 is 2.68 bits per heavy atom. The summed E-state index contributed by atoms with van der Waals surface area (Å²) in [6, 6.07) is 15.8. The van der Waals surface area contributed by atoms with Crippen LogP contribution in [0.2, 0.25) is 0 Å². The summed E-state index contributed by atoms with van der Waals surface area (Å²) >= 11 is 1.50. The molecule has 0 unspecified atom stereocenters. The van der Waals surface area contributed by atoms with Gasteiger partial charge in [-0.3, -0.25) is 9.59 Å². The van der Waals surface area contributed by atoms with Gasteiger partial charge in [0.2, 0.25) is 5.91 Å². The Morgan fingerprint density at radius 2 is 1.89 bits per heavy atom. The van der Waals surface area contributed by atoms with E-state index in [1.165, 1.54) is 29.4 Å². The van der Waals surface area contributed by atoms with Crippen molar-refractivity contribution in [2.24, 2.45) is 0 Å². The number of benzene rings is 2. The van der Waals surface area contributed by atoms with Gasteiger partial charge in [-0.2, -0.15) is 0 Å². The number of carbonyl (C=O) groups is 2. The molecule has 0 saturated carbocycles. The first-order valence-corrected chi connectivity index (χ1v) is 10.0. The maximum Gasteiger partial charge on any atom is 0.273 e. The molecule has 28 heavy (non-hydrogen) atoms. The van der Waals surface area contributed by atoms with E-state index in [0.717, 1.165) is 27.6 Å². The molecule has 0 saturated heterocycles. The monoisotopic (exact) mass is 391 g/mol. The summed E-state index contributed by atoms with van der Waals surface area (Å²) in [5, 5.41) is 3.57. The first kappa shape index (κ1) is 18.4. The van der Waals surface area contributed by atoms with Crippen molar-refractivity contribution >= 4 is 28.8 Å². The van der Waals surface area contributed by atoms with Crippen molar-refractivity contribution in [1.29, 1.82) is 0 Å². The number of anilines is 1. The van der Waals surface area contributed by atoms with Gasteiger partial charge in [-0.25, -0.2) is 4.98 Å². The molecule has 5 nitrogen and oxygen atoms in total. The van der Waals surface area contributed by atoms with Crippen LogP contribution in [-0.4, -0.2) is 28.2 Å². The van der Waals surface area contributed by atoms with Crippen LogP contribution < -0.4 is 5.32 Å². The van der Waals surface area contributed by atoms with E-state index in [2.05, 4.69) is 22.4 Å². The Bertz CT molecular complexity index is 1060. The maximum atomic E-state index is 13.1. The first-order chi connectivity index (χ1) is 13.5. The molecular weight excluding hydrogens is 370 g/mol. The number of nitrogens with one attached hydrogen (secondary N) is 1. The second kappa shape index (κ2) is 7.56. The number of thiazole rings is 1. The fraction of sp³-hybridized carbons (Fsp3) is 0.227. The smallest absolute Gasteiger partial charge is 0.273 e. The zero-order valence-corrected chi connectivity index (χ0v) is 16.7. The molecule has 1 aromatic heterocycles. The number of fused-ring (bicyclic) bond motifs is 1. The van der Waals surface area contributed by atoms with Crippen LogP contribution in [0.4, 0.5) is 5.69 Å². The maximum absolute atomic E-state index is 13.1. The van der Waals surface area contributed by atoms with Crippen molar-refractivity contribution in [1.82, 2.24) is 9.88 Å². The van der Waals surface area contributed by atoms with Crippen LogP contribution in [0.25, 0.3) is 10.6 Å². The topological polar surface area (TPSA) is 62.3 Å². The first-order valence-electron chi connectivity index (χ1n) is 9.23. The number of nitrogens with zero attached hydrogens (tertiary/aromatic N) is 2. The molecule has 2 aromatic carbocycles. The SMILES string of the molecule is CC(=O)Nc1cccc(-c2nc(C(=O)N3CCc4ccccc4C3)c(C)s2)c1. The van der Waals surface area contributed by atoms with E-state index >= 15 is 0 Å². The summed E-state index contributed by atoms with van der Waals surface area (Å²) in [6.07, 6.45) is 0.872.